The van der Waals surface area contributed by atoms with Gasteiger partial charge in [0.2, 0.25) is 0 Å². The van der Waals surface area contributed by atoms with E-state index < -0.39 is 0 Å². The molecule has 0 saturated heterocycles. The van der Waals surface area contributed by atoms with Crippen LogP contribution in [0, 0.1) is 0 Å². The van der Waals surface area contributed by atoms with Gasteiger partial charge in [-0.1, -0.05) is 297 Å². The Hall–Kier alpha value is -14.1. The maximum Gasteiger partial charge on any atom is 0.316 e. The van der Waals surface area contributed by atoms with Crippen LogP contribution in [0.15, 0.2) is 394 Å². The van der Waals surface area contributed by atoms with Crippen LogP contribution in [0.3, 0.4) is 0 Å². The SMILES string of the molecule is c1ccc(-c2ccc3c(c2)c2cc(-c4ccccc4)ccc2n3-c2cc3c4c(c2)N(c2ccccc2-c2ccccc2)c2ccccc2B4N2B4c5ccccc5N(c5ccccc5-c5ccccc5)c5cc(-n6c7ccc(-c8ccccc8)cc7c7cc(-c8ccccc8)ccc76)cc(c54)-c4cccc-3c42)cc1. The van der Waals surface area contributed by atoms with Crippen molar-refractivity contribution in [1.29, 1.82) is 0 Å². The van der Waals surface area contributed by atoms with Crippen LogP contribution in [0.1, 0.15) is 0 Å². The van der Waals surface area contributed by atoms with Crippen LogP contribution >= 0.6 is 0 Å². The molecule has 0 N–H and O–H groups in total. The molecule has 0 bridgehead atoms. The molecule has 19 aromatic rings. The molecule has 5 nitrogen and oxygen atoms in total. The van der Waals surface area contributed by atoms with E-state index in [1.807, 2.05) is 0 Å². The van der Waals surface area contributed by atoms with Crippen LogP contribution in [-0.2, 0) is 0 Å². The molecule has 0 aliphatic carbocycles. The zero-order valence-electron chi connectivity index (χ0n) is 59.4. The summed E-state index contributed by atoms with van der Waals surface area (Å²) in [6.07, 6.45) is 0. The summed E-state index contributed by atoms with van der Waals surface area (Å²) in [5, 5.41) is 4.81. The number of benzene rings is 17. The maximum atomic E-state index is 2.88. The van der Waals surface area contributed by atoms with Gasteiger partial charge in [-0.25, -0.2) is 0 Å². The van der Waals surface area contributed by atoms with Gasteiger partial charge in [-0.2, -0.15) is 0 Å². The third-order valence-electron chi connectivity index (χ3n) is 23.6. The van der Waals surface area contributed by atoms with Crippen molar-refractivity contribution in [1.82, 2.24) is 9.13 Å². The number of hydrogen-bond donors (Lipinski definition) is 0. The second kappa shape index (κ2) is 24.2. The largest absolute Gasteiger partial charge is 0.444 e. The standard InChI is InChI=1S/C102H65B2N5/c1-7-28-66(29-8-1)72-50-54-92-82(58-72)83-59-73(67-30-9-2-10-31-67)51-55-93(83)105(92)76-62-86-80-42-27-43-81-87-63-77(106-94-56-52-74(68-32-11-3-12-33-68)60-84(94)85-61-75(53-57-95(85)106)69-34-13-4-14-35-69)65-99-101(87)104(89-45-22-26-49-97(89)108(99)91-47-24-20-41-79(91)71-38-17-6-18-39-71)109(102(80)81)103-88-44-21-25-48-96(88)107(98(64-76)100(86)103)90-46-23-19-40-78(90)70-36-15-5-16-37-70/h1-65H. The molecule has 17 aromatic carbocycles. The molecule has 0 atom stereocenters. The van der Waals surface area contributed by atoms with Gasteiger partial charge in [0.1, 0.15) is 0 Å². The quantitative estimate of drug-likeness (QED) is 0.127. The molecule has 0 amide bonds. The van der Waals surface area contributed by atoms with E-state index in [2.05, 4.69) is 418 Å². The number of aromatic nitrogens is 2. The minimum Gasteiger partial charge on any atom is -0.444 e. The fourth-order valence-corrected chi connectivity index (χ4v) is 19.0. The van der Waals surface area contributed by atoms with E-state index >= 15 is 0 Å². The second-order valence-electron chi connectivity index (χ2n) is 29.4. The topological polar surface area (TPSA) is 19.6 Å². The van der Waals surface area contributed by atoms with E-state index in [0.29, 0.717) is 0 Å². The lowest BCUT2D eigenvalue weighted by molar-refractivity contribution is 1.17. The molecule has 7 heteroatoms. The van der Waals surface area contributed by atoms with Crippen LogP contribution in [-0.4, -0.2) is 22.8 Å². The van der Waals surface area contributed by atoms with Crippen molar-refractivity contribution in [3.05, 3.63) is 394 Å². The molecule has 2 aromatic heterocycles. The summed E-state index contributed by atoms with van der Waals surface area (Å²) < 4.78 is 8.01. The Bertz CT molecular complexity index is 6330. The third kappa shape index (κ3) is 9.30. The Labute approximate surface area is 633 Å². The zero-order valence-corrected chi connectivity index (χ0v) is 59.4. The minimum absolute atomic E-state index is 0.263. The highest BCUT2D eigenvalue weighted by Gasteiger charge is 2.54. The molecule has 0 fully saturated rings. The van der Waals surface area contributed by atoms with E-state index in [4.69, 9.17) is 0 Å². The van der Waals surface area contributed by atoms with Gasteiger partial charge in [0.15, 0.2) is 0 Å². The number of rotatable bonds is 10. The Balaban J connectivity index is 0.835. The molecule has 504 valence electrons. The van der Waals surface area contributed by atoms with Crippen LogP contribution in [0.2, 0.25) is 0 Å². The van der Waals surface area contributed by atoms with Gasteiger partial charge in [-0.3, -0.25) is 0 Å². The molecular weight excluding hydrogens is 1320 g/mol. The predicted octanol–water partition coefficient (Wildman–Crippen LogP) is 23.8. The highest BCUT2D eigenvalue weighted by Crippen LogP contribution is 2.55. The summed E-state index contributed by atoms with van der Waals surface area (Å²) in [7, 11) is 0. The van der Waals surface area contributed by atoms with Crippen molar-refractivity contribution >= 4 is 119 Å². The smallest absolute Gasteiger partial charge is 0.316 e. The lowest BCUT2D eigenvalue weighted by atomic mass is 9.32. The van der Waals surface area contributed by atoms with Crippen LogP contribution in [0.5, 0.6) is 0 Å². The Morgan fingerprint density at radius 2 is 0.468 bits per heavy atom. The molecule has 0 radical (unpaired) electrons. The average molecular weight is 1380 g/mol. The molecule has 23 rings (SSSR count). The normalized spacial score (nSPS) is 12.9. The number of anilines is 7. The van der Waals surface area contributed by atoms with Gasteiger partial charge >= 0.3 is 13.7 Å². The third-order valence-corrected chi connectivity index (χ3v) is 23.6. The fraction of sp³-hybridized carbons (Fsp3) is 0. The Morgan fingerprint density at radius 1 is 0.183 bits per heavy atom. The Morgan fingerprint density at radius 3 is 0.807 bits per heavy atom. The summed E-state index contributed by atoms with van der Waals surface area (Å²) in [4.78, 5) is 5.23. The van der Waals surface area contributed by atoms with Gasteiger partial charge in [-0.05, 0) is 186 Å². The number of para-hydroxylation sites is 5. The van der Waals surface area contributed by atoms with Crippen molar-refractivity contribution < 1.29 is 0 Å². The first-order valence-electron chi connectivity index (χ1n) is 37.9. The van der Waals surface area contributed by atoms with Crippen LogP contribution in [0.25, 0.3) is 144 Å². The van der Waals surface area contributed by atoms with Crippen molar-refractivity contribution in [2.45, 2.75) is 0 Å². The molecule has 6 heterocycles. The Kier molecular flexibility index (Phi) is 13.6. The highest BCUT2D eigenvalue weighted by atomic mass is 15.2. The van der Waals surface area contributed by atoms with Gasteiger partial charge in [0, 0.05) is 83.6 Å². The maximum absolute atomic E-state index is 2.88. The van der Waals surface area contributed by atoms with E-state index in [0.717, 1.165) is 89.8 Å². The van der Waals surface area contributed by atoms with Crippen LogP contribution < -0.4 is 36.4 Å². The second-order valence-corrected chi connectivity index (χ2v) is 29.4. The van der Waals surface area contributed by atoms with E-state index in [9.17, 15) is 0 Å². The van der Waals surface area contributed by atoms with E-state index in [1.54, 1.807) is 0 Å². The number of hydrogen-bond acceptors (Lipinski definition) is 3. The van der Waals surface area contributed by atoms with Gasteiger partial charge in [-0.15, -0.1) is 0 Å². The van der Waals surface area contributed by atoms with E-state index in [-0.39, 0.29) is 13.7 Å². The van der Waals surface area contributed by atoms with Gasteiger partial charge in [0.05, 0.1) is 33.4 Å². The summed E-state index contributed by atoms with van der Waals surface area (Å²) in [6.45, 7) is -0.526. The summed E-state index contributed by atoms with van der Waals surface area (Å²) in [5.41, 5.74) is 38.8. The first-order valence-corrected chi connectivity index (χ1v) is 37.9. The molecular formula is C102H65B2N5. The lowest BCUT2D eigenvalue weighted by Gasteiger charge is -2.53. The van der Waals surface area contributed by atoms with Crippen molar-refractivity contribution in [2.24, 2.45) is 0 Å². The van der Waals surface area contributed by atoms with Gasteiger partial charge in [0.25, 0.3) is 0 Å². The summed E-state index contributed by atoms with van der Waals surface area (Å²) in [6, 6.07) is 148. The molecule has 4 aliphatic rings. The van der Waals surface area contributed by atoms with Gasteiger partial charge < -0.3 is 23.7 Å². The predicted molar refractivity (Wildman–Crippen MR) is 460 cm³/mol. The van der Waals surface area contributed by atoms with Crippen molar-refractivity contribution in [3.8, 4) is 100 Å². The number of fused-ring (bicyclic) bond motifs is 14. The monoisotopic (exact) mass is 1380 g/mol. The van der Waals surface area contributed by atoms with Crippen LogP contribution in [0.4, 0.5) is 39.8 Å². The van der Waals surface area contributed by atoms with E-state index in [1.165, 1.54) is 116 Å². The summed E-state index contributed by atoms with van der Waals surface area (Å²) >= 11 is 0. The molecule has 0 saturated carbocycles. The van der Waals surface area contributed by atoms with Crippen molar-refractivity contribution in [3.63, 3.8) is 0 Å². The average Bonchev–Trinajstić information content (AvgIpc) is 1.00. The molecule has 0 unspecified atom stereocenters. The summed E-state index contributed by atoms with van der Waals surface area (Å²) in [5.74, 6) is 0. The molecule has 0 spiro atoms. The first-order chi connectivity index (χ1) is 54.1. The molecule has 109 heavy (non-hydrogen) atoms. The van der Waals surface area contributed by atoms with Crippen molar-refractivity contribution in [2.75, 3.05) is 14.5 Å². The minimum atomic E-state index is -0.263. The zero-order chi connectivity index (χ0) is 71.4. The fourth-order valence-electron chi connectivity index (χ4n) is 19.0. The molecule has 4 aliphatic heterocycles. The highest BCUT2D eigenvalue weighted by molar-refractivity contribution is 7.09. The lowest BCUT2D eigenvalue weighted by Crippen LogP contribution is -2.74. The first kappa shape index (κ1) is 61.2. The number of nitrogens with zero attached hydrogens (tertiary/aromatic N) is 5.